The minimum atomic E-state index is -0.146. The summed E-state index contributed by atoms with van der Waals surface area (Å²) in [5, 5.41) is 2.90. The molecule has 0 aliphatic carbocycles. The van der Waals surface area contributed by atoms with Gasteiger partial charge in [-0.2, -0.15) is 0 Å². The topological polar surface area (TPSA) is 73.6 Å². The summed E-state index contributed by atoms with van der Waals surface area (Å²) in [6.45, 7) is 6.06. The lowest BCUT2D eigenvalue weighted by Crippen LogP contribution is -2.12. The van der Waals surface area contributed by atoms with E-state index >= 15 is 0 Å². The average Bonchev–Trinajstić information content (AvgIpc) is 2.61. The number of hydrogen-bond acceptors (Lipinski definition) is 4. The van der Waals surface area contributed by atoms with Gasteiger partial charge < -0.3 is 20.5 Å². The predicted octanol–water partition coefficient (Wildman–Crippen LogP) is 3.34. The molecule has 2 rings (SSSR count). The minimum absolute atomic E-state index is 0.146. The summed E-state index contributed by atoms with van der Waals surface area (Å²) >= 11 is 0. The Labute approximate surface area is 149 Å². The smallest absolute Gasteiger partial charge is 0.255 e. The fraction of sp³-hybridized carbons (Fsp3) is 0.350. The highest BCUT2D eigenvalue weighted by atomic mass is 16.5. The number of amides is 1. The molecule has 0 saturated heterocycles. The number of nitrogens with two attached hydrogens (primary N) is 1. The molecule has 1 amide bonds. The molecule has 5 nitrogen and oxygen atoms in total. The van der Waals surface area contributed by atoms with Gasteiger partial charge in [0.05, 0.1) is 25.9 Å². The van der Waals surface area contributed by atoms with Crippen LogP contribution < -0.4 is 11.1 Å². The Morgan fingerprint density at radius 2 is 1.84 bits per heavy atom. The van der Waals surface area contributed by atoms with Gasteiger partial charge in [0.25, 0.3) is 5.91 Å². The summed E-state index contributed by atoms with van der Waals surface area (Å²) in [6, 6.07) is 14.9. The lowest BCUT2D eigenvalue weighted by atomic mass is 10.1. The Morgan fingerprint density at radius 3 is 2.52 bits per heavy atom. The maximum Gasteiger partial charge on any atom is 0.255 e. The van der Waals surface area contributed by atoms with Crippen LogP contribution in [0.15, 0.2) is 48.5 Å². The first-order valence-electron chi connectivity index (χ1n) is 8.47. The van der Waals surface area contributed by atoms with Gasteiger partial charge in [0.15, 0.2) is 0 Å². The lowest BCUT2D eigenvalue weighted by Gasteiger charge is -2.10. The van der Waals surface area contributed by atoms with Gasteiger partial charge in [0, 0.05) is 17.8 Å². The van der Waals surface area contributed by atoms with E-state index in [0.717, 1.165) is 16.8 Å². The number of hydrogen-bond donors (Lipinski definition) is 2. The SMILES string of the molecule is CC(C)OCCOCc1cccc(NC(=O)c2ccc(CN)cc2)c1. The summed E-state index contributed by atoms with van der Waals surface area (Å²) in [4.78, 5) is 12.3. The third-order valence-corrected chi connectivity index (χ3v) is 3.58. The first-order chi connectivity index (χ1) is 12.1. The van der Waals surface area contributed by atoms with Crippen molar-refractivity contribution >= 4 is 11.6 Å². The second kappa shape index (κ2) is 9.93. The molecule has 0 radical (unpaired) electrons. The molecular formula is C20H26N2O3. The van der Waals surface area contributed by atoms with Crippen molar-refractivity contribution in [3.8, 4) is 0 Å². The van der Waals surface area contributed by atoms with Gasteiger partial charge in [0.2, 0.25) is 0 Å². The zero-order valence-corrected chi connectivity index (χ0v) is 14.8. The molecule has 0 fully saturated rings. The molecule has 3 N–H and O–H groups in total. The highest BCUT2D eigenvalue weighted by molar-refractivity contribution is 6.04. The van der Waals surface area contributed by atoms with Crippen molar-refractivity contribution in [3.05, 3.63) is 65.2 Å². The van der Waals surface area contributed by atoms with Gasteiger partial charge in [0.1, 0.15) is 0 Å². The Bertz CT molecular complexity index is 669. The average molecular weight is 342 g/mol. The molecule has 0 bridgehead atoms. The van der Waals surface area contributed by atoms with Gasteiger partial charge >= 0.3 is 0 Å². The van der Waals surface area contributed by atoms with Crippen LogP contribution >= 0.6 is 0 Å². The summed E-state index contributed by atoms with van der Waals surface area (Å²) in [7, 11) is 0. The molecule has 0 aromatic heterocycles. The second-order valence-corrected chi connectivity index (χ2v) is 6.03. The molecule has 25 heavy (non-hydrogen) atoms. The van der Waals surface area contributed by atoms with Gasteiger partial charge in [-0.1, -0.05) is 24.3 Å². The van der Waals surface area contributed by atoms with Crippen LogP contribution in [0.25, 0.3) is 0 Å². The van der Waals surface area contributed by atoms with Crippen molar-refractivity contribution in [3.63, 3.8) is 0 Å². The van der Waals surface area contributed by atoms with Crippen molar-refractivity contribution in [2.24, 2.45) is 5.73 Å². The second-order valence-electron chi connectivity index (χ2n) is 6.03. The highest BCUT2D eigenvalue weighted by Gasteiger charge is 2.06. The molecule has 0 aliphatic heterocycles. The first-order valence-corrected chi connectivity index (χ1v) is 8.47. The maximum absolute atomic E-state index is 12.3. The van der Waals surface area contributed by atoms with Crippen molar-refractivity contribution in [2.75, 3.05) is 18.5 Å². The molecule has 5 heteroatoms. The van der Waals surface area contributed by atoms with Crippen LogP contribution in [0.3, 0.4) is 0 Å². The van der Waals surface area contributed by atoms with E-state index in [-0.39, 0.29) is 12.0 Å². The molecule has 134 valence electrons. The molecule has 0 saturated carbocycles. The summed E-state index contributed by atoms with van der Waals surface area (Å²) in [5.74, 6) is -0.146. The van der Waals surface area contributed by atoms with E-state index < -0.39 is 0 Å². The largest absolute Gasteiger partial charge is 0.376 e. The molecule has 2 aromatic carbocycles. The summed E-state index contributed by atoms with van der Waals surface area (Å²) in [6.07, 6.45) is 0.209. The van der Waals surface area contributed by atoms with E-state index in [4.69, 9.17) is 15.2 Å². The van der Waals surface area contributed by atoms with E-state index in [2.05, 4.69) is 5.32 Å². The van der Waals surface area contributed by atoms with Gasteiger partial charge in [-0.05, 0) is 49.2 Å². The van der Waals surface area contributed by atoms with Crippen LogP contribution in [0.2, 0.25) is 0 Å². The third-order valence-electron chi connectivity index (χ3n) is 3.58. The Balaban J connectivity index is 1.86. The molecule has 0 atom stereocenters. The van der Waals surface area contributed by atoms with Crippen LogP contribution in [0.4, 0.5) is 5.69 Å². The monoisotopic (exact) mass is 342 g/mol. The van der Waals surface area contributed by atoms with E-state index in [9.17, 15) is 4.79 Å². The normalized spacial score (nSPS) is 10.9. The van der Waals surface area contributed by atoms with E-state index in [1.807, 2.05) is 50.2 Å². The Kier molecular flexibility index (Phi) is 7.60. The fourth-order valence-corrected chi connectivity index (χ4v) is 2.27. The maximum atomic E-state index is 12.3. The summed E-state index contributed by atoms with van der Waals surface area (Å²) < 4.78 is 11.0. The number of rotatable bonds is 9. The predicted molar refractivity (Wildman–Crippen MR) is 99.5 cm³/mol. The number of anilines is 1. The lowest BCUT2D eigenvalue weighted by molar-refractivity contribution is 0.0143. The summed E-state index contributed by atoms with van der Waals surface area (Å²) in [5.41, 5.74) is 8.91. The zero-order chi connectivity index (χ0) is 18.1. The van der Waals surface area contributed by atoms with E-state index in [1.54, 1.807) is 12.1 Å². The Morgan fingerprint density at radius 1 is 1.08 bits per heavy atom. The number of ether oxygens (including phenoxy) is 2. The number of benzene rings is 2. The van der Waals surface area contributed by atoms with Gasteiger partial charge in [-0.15, -0.1) is 0 Å². The van der Waals surface area contributed by atoms with Crippen molar-refractivity contribution in [1.29, 1.82) is 0 Å². The molecular weight excluding hydrogens is 316 g/mol. The van der Waals surface area contributed by atoms with Gasteiger partial charge in [-0.25, -0.2) is 0 Å². The van der Waals surface area contributed by atoms with E-state index in [0.29, 0.717) is 31.9 Å². The molecule has 0 heterocycles. The van der Waals surface area contributed by atoms with Crippen LogP contribution in [0.5, 0.6) is 0 Å². The number of carbonyl (C=O) groups excluding carboxylic acids is 1. The van der Waals surface area contributed by atoms with Crippen molar-refractivity contribution in [2.45, 2.75) is 33.1 Å². The van der Waals surface area contributed by atoms with Crippen LogP contribution in [0, 0.1) is 0 Å². The first kappa shape index (κ1) is 19.1. The van der Waals surface area contributed by atoms with Gasteiger partial charge in [-0.3, -0.25) is 4.79 Å². The number of carbonyl (C=O) groups is 1. The minimum Gasteiger partial charge on any atom is -0.376 e. The molecule has 0 aliphatic rings. The zero-order valence-electron chi connectivity index (χ0n) is 14.8. The van der Waals surface area contributed by atoms with Crippen LogP contribution in [-0.4, -0.2) is 25.2 Å². The quantitative estimate of drug-likeness (QED) is 0.686. The van der Waals surface area contributed by atoms with Crippen LogP contribution in [0.1, 0.15) is 35.3 Å². The van der Waals surface area contributed by atoms with E-state index in [1.165, 1.54) is 0 Å². The van der Waals surface area contributed by atoms with Crippen molar-refractivity contribution < 1.29 is 14.3 Å². The van der Waals surface area contributed by atoms with Crippen LogP contribution in [-0.2, 0) is 22.6 Å². The highest BCUT2D eigenvalue weighted by Crippen LogP contribution is 2.14. The number of nitrogens with one attached hydrogen (secondary N) is 1. The fourth-order valence-electron chi connectivity index (χ4n) is 2.27. The standard InChI is InChI=1S/C20H26N2O3/c1-15(2)25-11-10-24-14-17-4-3-5-19(12-17)22-20(23)18-8-6-16(13-21)7-9-18/h3-9,12,15H,10-11,13-14,21H2,1-2H3,(H,22,23). The van der Waals surface area contributed by atoms with Crippen molar-refractivity contribution in [1.82, 2.24) is 0 Å². The third kappa shape index (κ3) is 6.66. The molecule has 0 unspecified atom stereocenters. The molecule has 0 spiro atoms. The Hall–Kier alpha value is -2.21. The molecule has 2 aromatic rings.